The van der Waals surface area contributed by atoms with Gasteiger partial charge >= 0.3 is 0 Å². The zero-order valence-corrected chi connectivity index (χ0v) is 17.9. The number of nitrogens with zero attached hydrogens (tertiary/aromatic N) is 2. The second-order valence-corrected chi connectivity index (χ2v) is 8.16. The molecule has 1 fully saturated rings. The van der Waals surface area contributed by atoms with Crippen molar-refractivity contribution < 1.29 is 14.5 Å². The van der Waals surface area contributed by atoms with Crippen molar-refractivity contribution >= 4 is 17.5 Å². The normalized spacial score (nSPS) is 14.3. The van der Waals surface area contributed by atoms with Crippen LogP contribution in [0.1, 0.15) is 47.2 Å². The number of nitrogens with one attached hydrogen (secondary N) is 1. The number of carbonyl (C=O) groups excluding carboxylic acids is 2. The van der Waals surface area contributed by atoms with Gasteiger partial charge in [-0.15, -0.1) is 0 Å². The first-order valence-corrected chi connectivity index (χ1v) is 10.8. The van der Waals surface area contributed by atoms with E-state index in [1.165, 1.54) is 35.4 Å². The summed E-state index contributed by atoms with van der Waals surface area (Å²) in [7, 11) is 0. The van der Waals surface area contributed by atoms with Gasteiger partial charge in [0.25, 0.3) is 11.6 Å². The molecule has 0 saturated carbocycles. The zero-order valence-electron chi connectivity index (χ0n) is 17.9. The van der Waals surface area contributed by atoms with Crippen LogP contribution in [0.4, 0.5) is 5.69 Å². The van der Waals surface area contributed by atoms with Gasteiger partial charge in [-0.05, 0) is 56.2 Å². The maximum absolute atomic E-state index is 12.5. The highest BCUT2D eigenvalue weighted by molar-refractivity contribution is 5.94. The minimum absolute atomic E-state index is 0.0565. The lowest BCUT2D eigenvalue weighted by molar-refractivity contribution is -0.384. The SMILES string of the molecule is Cc1ccc(CCC2CCN(C(=O)CCNC(=O)c3ccc([N+](=O)[O-])cc3)CC2)cc1. The lowest BCUT2D eigenvalue weighted by Crippen LogP contribution is -2.40. The first kappa shape index (κ1) is 22.5. The summed E-state index contributed by atoms with van der Waals surface area (Å²) in [6.07, 6.45) is 4.52. The molecule has 2 amide bonds. The Hall–Kier alpha value is -3.22. The van der Waals surface area contributed by atoms with Crippen LogP contribution in [0, 0.1) is 23.0 Å². The summed E-state index contributed by atoms with van der Waals surface area (Å²) < 4.78 is 0. The van der Waals surface area contributed by atoms with Gasteiger partial charge in [0.05, 0.1) is 4.92 Å². The van der Waals surface area contributed by atoms with Gasteiger partial charge in [-0.25, -0.2) is 0 Å². The average Bonchev–Trinajstić information content (AvgIpc) is 2.79. The molecule has 0 spiro atoms. The van der Waals surface area contributed by atoms with E-state index < -0.39 is 4.92 Å². The van der Waals surface area contributed by atoms with Crippen molar-refractivity contribution in [1.82, 2.24) is 10.2 Å². The molecule has 2 aromatic rings. The number of hydrogen-bond acceptors (Lipinski definition) is 4. The second-order valence-electron chi connectivity index (χ2n) is 8.16. The van der Waals surface area contributed by atoms with Gasteiger partial charge in [0.1, 0.15) is 0 Å². The largest absolute Gasteiger partial charge is 0.352 e. The number of benzene rings is 2. The molecule has 31 heavy (non-hydrogen) atoms. The molecule has 0 aliphatic carbocycles. The van der Waals surface area contributed by atoms with Crippen molar-refractivity contribution in [2.24, 2.45) is 5.92 Å². The van der Waals surface area contributed by atoms with Crippen LogP contribution in [-0.4, -0.2) is 41.3 Å². The third-order valence-corrected chi connectivity index (χ3v) is 5.89. The molecule has 0 aromatic heterocycles. The van der Waals surface area contributed by atoms with E-state index in [9.17, 15) is 19.7 Å². The van der Waals surface area contributed by atoms with Crippen LogP contribution < -0.4 is 5.32 Å². The Bertz CT molecular complexity index is 901. The fraction of sp³-hybridized carbons (Fsp3) is 0.417. The Morgan fingerprint density at radius 1 is 1.06 bits per heavy atom. The minimum atomic E-state index is -0.508. The van der Waals surface area contributed by atoms with E-state index >= 15 is 0 Å². The van der Waals surface area contributed by atoms with Crippen molar-refractivity contribution in [3.63, 3.8) is 0 Å². The monoisotopic (exact) mass is 423 g/mol. The number of non-ortho nitro benzene ring substituents is 1. The van der Waals surface area contributed by atoms with Crippen molar-refractivity contribution in [3.8, 4) is 0 Å². The average molecular weight is 424 g/mol. The van der Waals surface area contributed by atoms with E-state index in [0.717, 1.165) is 38.8 Å². The van der Waals surface area contributed by atoms with Crippen molar-refractivity contribution in [3.05, 3.63) is 75.3 Å². The zero-order chi connectivity index (χ0) is 22.2. The molecule has 3 rings (SSSR count). The molecule has 0 radical (unpaired) electrons. The summed E-state index contributed by atoms with van der Waals surface area (Å²) in [4.78, 5) is 36.6. The van der Waals surface area contributed by atoms with Crippen LogP contribution in [0.3, 0.4) is 0 Å². The molecule has 1 saturated heterocycles. The van der Waals surface area contributed by atoms with Gasteiger partial charge in [0.15, 0.2) is 0 Å². The smallest absolute Gasteiger partial charge is 0.269 e. The molecule has 0 atom stereocenters. The van der Waals surface area contributed by atoms with E-state index in [4.69, 9.17) is 0 Å². The summed E-state index contributed by atoms with van der Waals surface area (Å²) >= 11 is 0. The summed E-state index contributed by atoms with van der Waals surface area (Å²) in [5, 5.41) is 13.4. The number of carbonyl (C=O) groups is 2. The number of nitro benzene ring substituents is 1. The molecular formula is C24H29N3O4. The number of nitro groups is 1. The van der Waals surface area contributed by atoms with Gasteiger partial charge in [-0.1, -0.05) is 29.8 Å². The Morgan fingerprint density at radius 2 is 1.71 bits per heavy atom. The molecule has 7 heteroatoms. The van der Waals surface area contributed by atoms with Crippen LogP contribution in [0.25, 0.3) is 0 Å². The van der Waals surface area contributed by atoms with Crippen LogP contribution >= 0.6 is 0 Å². The van der Waals surface area contributed by atoms with Crippen LogP contribution in [0.5, 0.6) is 0 Å². The highest BCUT2D eigenvalue weighted by Crippen LogP contribution is 2.23. The predicted octanol–water partition coefficient (Wildman–Crippen LogP) is 3.89. The third kappa shape index (κ3) is 6.64. The number of rotatable bonds is 8. The Balaban J connectivity index is 1.34. The molecule has 1 aliphatic rings. The molecule has 7 nitrogen and oxygen atoms in total. The van der Waals surface area contributed by atoms with E-state index in [2.05, 4.69) is 36.5 Å². The third-order valence-electron chi connectivity index (χ3n) is 5.89. The van der Waals surface area contributed by atoms with Crippen molar-refractivity contribution in [2.45, 2.75) is 39.0 Å². The molecule has 2 aromatic carbocycles. The highest BCUT2D eigenvalue weighted by atomic mass is 16.6. The first-order valence-electron chi connectivity index (χ1n) is 10.8. The van der Waals surface area contributed by atoms with E-state index in [0.29, 0.717) is 11.5 Å². The molecule has 1 N–H and O–H groups in total. The van der Waals surface area contributed by atoms with Gasteiger partial charge in [0.2, 0.25) is 5.91 Å². The van der Waals surface area contributed by atoms with Gasteiger partial charge < -0.3 is 10.2 Å². The van der Waals surface area contributed by atoms with Gasteiger partial charge in [-0.2, -0.15) is 0 Å². The molecule has 1 aliphatic heterocycles. The summed E-state index contributed by atoms with van der Waals surface area (Å²) in [6.45, 7) is 3.89. The maximum atomic E-state index is 12.5. The molecule has 0 bridgehead atoms. The van der Waals surface area contributed by atoms with Crippen molar-refractivity contribution in [1.29, 1.82) is 0 Å². The Kier molecular flexibility index (Phi) is 7.76. The van der Waals surface area contributed by atoms with E-state index in [-0.39, 0.29) is 30.5 Å². The maximum Gasteiger partial charge on any atom is 0.269 e. The predicted molar refractivity (Wildman–Crippen MR) is 119 cm³/mol. The molecular weight excluding hydrogens is 394 g/mol. The van der Waals surface area contributed by atoms with Gasteiger partial charge in [-0.3, -0.25) is 19.7 Å². The van der Waals surface area contributed by atoms with Crippen LogP contribution in [0.2, 0.25) is 0 Å². The lowest BCUT2D eigenvalue weighted by Gasteiger charge is -2.32. The summed E-state index contributed by atoms with van der Waals surface area (Å²) in [6, 6.07) is 14.1. The van der Waals surface area contributed by atoms with E-state index in [1.54, 1.807) is 0 Å². The number of amides is 2. The number of likely N-dealkylation sites (tertiary alicyclic amines) is 1. The second kappa shape index (κ2) is 10.7. The molecule has 1 heterocycles. The van der Waals surface area contributed by atoms with Crippen LogP contribution in [0.15, 0.2) is 48.5 Å². The number of aryl methyl sites for hydroxylation is 2. The minimum Gasteiger partial charge on any atom is -0.352 e. The van der Waals surface area contributed by atoms with Gasteiger partial charge in [0, 0.05) is 43.8 Å². The number of hydrogen-bond donors (Lipinski definition) is 1. The lowest BCUT2D eigenvalue weighted by atomic mass is 9.90. The van der Waals surface area contributed by atoms with E-state index in [1.807, 2.05) is 4.90 Å². The quantitative estimate of drug-likeness (QED) is 0.515. The highest BCUT2D eigenvalue weighted by Gasteiger charge is 2.22. The molecule has 0 unspecified atom stereocenters. The Labute approximate surface area is 182 Å². The summed E-state index contributed by atoms with van der Waals surface area (Å²) in [5.41, 5.74) is 2.92. The standard InChI is InChI=1S/C24H29N3O4/c1-18-2-4-19(5-3-18)6-7-20-13-16-26(17-14-20)23(28)12-15-25-24(29)21-8-10-22(11-9-21)27(30)31/h2-5,8-11,20H,6-7,12-17H2,1H3,(H,25,29). The van der Waals surface area contributed by atoms with Crippen LogP contribution in [-0.2, 0) is 11.2 Å². The molecule has 164 valence electrons. The fourth-order valence-corrected chi connectivity index (χ4v) is 3.87. The fourth-order valence-electron chi connectivity index (χ4n) is 3.87. The Morgan fingerprint density at radius 3 is 2.32 bits per heavy atom. The van der Waals surface area contributed by atoms with Crippen molar-refractivity contribution in [2.75, 3.05) is 19.6 Å². The number of piperidine rings is 1. The topological polar surface area (TPSA) is 92.6 Å². The summed E-state index contributed by atoms with van der Waals surface area (Å²) in [5.74, 6) is 0.366. The first-order chi connectivity index (χ1) is 14.9.